The highest BCUT2D eigenvalue weighted by atomic mass is 79.9. The molecule has 0 fully saturated rings. The maximum atomic E-state index is 11.1. The molecule has 0 aliphatic carbocycles. The molecular weight excluding hydrogens is 244 g/mol. The van der Waals surface area contributed by atoms with E-state index in [0.717, 1.165) is 11.3 Å². The monoisotopic (exact) mass is 256 g/mol. The van der Waals surface area contributed by atoms with Gasteiger partial charge < -0.3 is 4.74 Å². The topological polar surface area (TPSA) is 26.3 Å². The summed E-state index contributed by atoms with van der Waals surface area (Å²) in [7, 11) is 0. The molecule has 0 aliphatic rings. The zero-order valence-electron chi connectivity index (χ0n) is 8.29. The van der Waals surface area contributed by atoms with Crippen molar-refractivity contribution in [2.75, 3.05) is 6.61 Å². The Kier molecular flexibility index (Phi) is 4.14. The number of carbonyl (C=O) groups is 1. The van der Waals surface area contributed by atoms with Gasteiger partial charge in [0.15, 0.2) is 0 Å². The number of benzene rings is 1. The maximum Gasteiger partial charge on any atom is 0.147 e. The summed E-state index contributed by atoms with van der Waals surface area (Å²) in [5.41, 5.74) is 0.934. The molecule has 1 atom stereocenters. The van der Waals surface area contributed by atoms with E-state index in [0.29, 0.717) is 6.61 Å². The van der Waals surface area contributed by atoms with Gasteiger partial charge in [0.25, 0.3) is 0 Å². The standard InChI is InChI=1S/C11H13BrO2/c1-3-14-10-6-4-5-9(7-10)11(12)8(2)13/h4-7,11H,3H2,1-2H3. The lowest BCUT2D eigenvalue weighted by atomic mass is 10.1. The van der Waals surface area contributed by atoms with Crippen molar-refractivity contribution in [3.05, 3.63) is 29.8 Å². The van der Waals surface area contributed by atoms with Gasteiger partial charge in [-0.05, 0) is 31.5 Å². The van der Waals surface area contributed by atoms with Crippen molar-refractivity contribution in [3.8, 4) is 5.75 Å². The molecule has 0 amide bonds. The Morgan fingerprint density at radius 3 is 2.86 bits per heavy atom. The Bertz CT molecular complexity index is 323. The zero-order chi connectivity index (χ0) is 10.6. The van der Waals surface area contributed by atoms with E-state index in [9.17, 15) is 4.79 Å². The molecule has 0 saturated heterocycles. The first kappa shape index (κ1) is 11.2. The van der Waals surface area contributed by atoms with Crippen molar-refractivity contribution >= 4 is 21.7 Å². The molecule has 0 radical (unpaired) electrons. The molecule has 2 nitrogen and oxygen atoms in total. The van der Waals surface area contributed by atoms with Crippen molar-refractivity contribution in [2.45, 2.75) is 18.7 Å². The summed E-state index contributed by atoms with van der Waals surface area (Å²) in [6.45, 7) is 4.13. The fourth-order valence-corrected chi connectivity index (χ4v) is 1.45. The summed E-state index contributed by atoms with van der Waals surface area (Å²) >= 11 is 3.33. The van der Waals surface area contributed by atoms with Gasteiger partial charge in [0.1, 0.15) is 11.5 Å². The van der Waals surface area contributed by atoms with Crippen molar-refractivity contribution in [3.63, 3.8) is 0 Å². The van der Waals surface area contributed by atoms with Gasteiger partial charge in [-0.2, -0.15) is 0 Å². The molecule has 0 N–H and O–H groups in total. The van der Waals surface area contributed by atoms with Crippen LogP contribution in [0.5, 0.6) is 5.75 Å². The number of ether oxygens (including phenoxy) is 1. The number of alkyl halides is 1. The predicted octanol–water partition coefficient (Wildman–Crippen LogP) is 3.11. The number of carbonyl (C=O) groups excluding carboxylic acids is 1. The second-order valence-corrected chi connectivity index (χ2v) is 3.89. The minimum Gasteiger partial charge on any atom is -0.494 e. The largest absolute Gasteiger partial charge is 0.494 e. The molecule has 1 rings (SSSR count). The smallest absolute Gasteiger partial charge is 0.147 e. The first-order chi connectivity index (χ1) is 6.65. The first-order valence-electron chi connectivity index (χ1n) is 4.52. The molecule has 1 aromatic rings. The number of Topliss-reactive ketones (excluding diaryl/α,β-unsaturated/α-hetero) is 1. The van der Waals surface area contributed by atoms with Crippen molar-refractivity contribution in [1.82, 2.24) is 0 Å². The lowest BCUT2D eigenvalue weighted by Gasteiger charge is -2.08. The van der Waals surface area contributed by atoms with Gasteiger partial charge in [0, 0.05) is 0 Å². The first-order valence-corrected chi connectivity index (χ1v) is 5.44. The molecular formula is C11H13BrO2. The van der Waals surface area contributed by atoms with Gasteiger partial charge in [-0.3, -0.25) is 4.79 Å². The number of halogens is 1. The van der Waals surface area contributed by atoms with Gasteiger partial charge in [-0.1, -0.05) is 28.1 Å². The molecule has 0 saturated carbocycles. The minimum atomic E-state index is -0.233. The Balaban J connectivity index is 2.87. The van der Waals surface area contributed by atoms with E-state index in [4.69, 9.17) is 4.74 Å². The molecule has 0 heterocycles. The summed E-state index contributed by atoms with van der Waals surface area (Å²) in [5, 5.41) is 0. The Labute approximate surface area is 92.4 Å². The third kappa shape index (κ3) is 2.84. The molecule has 0 bridgehead atoms. The van der Waals surface area contributed by atoms with Crippen LogP contribution in [0.15, 0.2) is 24.3 Å². The summed E-state index contributed by atoms with van der Waals surface area (Å²) in [6, 6.07) is 7.55. The molecule has 3 heteroatoms. The van der Waals surface area contributed by atoms with Crippen LogP contribution in [0.2, 0.25) is 0 Å². The summed E-state index contributed by atoms with van der Waals surface area (Å²) < 4.78 is 5.34. The number of hydrogen-bond acceptors (Lipinski definition) is 2. The highest BCUT2D eigenvalue weighted by Crippen LogP contribution is 2.26. The molecule has 0 aromatic heterocycles. The van der Waals surface area contributed by atoms with Crippen LogP contribution in [0.1, 0.15) is 24.2 Å². The van der Waals surface area contributed by atoms with Gasteiger partial charge in [0.05, 0.1) is 11.4 Å². The van der Waals surface area contributed by atoms with Crippen molar-refractivity contribution in [1.29, 1.82) is 0 Å². The van der Waals surface area contributed by atoms with Crippen LogP contribution in [-0.2, 0) is 4.79 Å². The van der Waals surface area contributed by atoms with Gasteiger partial charge in [-0.15, -0.1) is 0 Å². The third-order valence-corrected chi connectivity index (χ3v) is 2.99. The Morgan fingerprint density at radius 1 is 1.57 bits per heavy atom. The van der Waals surface area contributed by atoms with E-state index in [1.807, 2.05) is 31.2 Å². The molecule has 0 aliphatic heterocycles. The Morgan fingerprint density at radius 2 is 2.29 bits per heavy atom. The fraction of sp³-hybridized carbons (Fsp3) is 0.364. The molecule has 1 aromatic carbocycles. The summed E-state index contributed by atoms with van der Waals surface area (Å²) in [6.07, 6.45) is 0. The zero-order valence-corrected chi connectivity index (χ0v) is 9.87. The third-order valence-electron chi connectivity index (χ3n) is 1.82. The van der Waals surface area contributed by atoms with Crippen LogP contribution in [0, 0.1) is 0 Å². The SMILES string of the molecule is CCOc1cccc(C(Br)C(C)=O)c1. The van der Waals surface area contributed by atoms with Crippen molar-refractivity contribution in [2.24, 2.45) is 0 Å². The second kappa shape index (κ2) is 5.15. The van der Waals surface area contributed by atoms with E-state index in [2.05, 4.69) is 15.9 Å². The van der Waals surface area contributed by atoms with Gasteiger partial charge >= 0.3 is 0 Å². The lowest BCUT2D eigenvalue weighted by molar-refractivity contribution is -0.116. The van der Waals surface area contributed by atoms with Crippen LogP contribution >= 0.6 is 15.9 Å². The lowest BCUT2D eigenvalue weighted by Crippen LogP contribution is -2.01. The van der Waals surface area contributed by atoms with Gasteiger partial charge in [-0.25, -0.2) is 0 Å². The van der Waals surface area contributed by atoms with E-state index >= 15 is 0 Å². The van der Waals surface area contributed by atoms with Crippen LogP contribution < -0.4 is 4.74 Å². The average molecular weight is 257 g/mol. The normalized spacial score (nSPS) is 12.2. The van der Waals surface area contributed by atoms with Crippen LogP contribution in [-0.4, -0.2) is 12.4 Å². The second-order valence-electron chi connectivity index (χ2n) is 2.98. The van der Waals surface area contributed by atoms with E-state index < -0.39 is 0 Å². The van der Waals surface area contributed by atoms with E-state index in [1.165, 1.54) is 0 Å². The molecule has 0 spiro atoms. The quantitative estimate of drug-likeness (QED) is 0.774. The van der Waals surface area contributed by atoms with Gasteiger partial charge in [0.2, 0.25) is 0 Å². The number of hydrogen-bond donors (Lipinski definition) is 0. The number of rotatable bonds is 4. The van der Waals surface area contributed by atoms with E-state index in [1.54, 1.807) is 6.92 Å². The summed E-state index contributed by atoms with van der Waals surface area (Å²) in [5.74, 6) is 0.898. The van der Waals surface area contributed by atoms with Crippen molar-refractivity contribution < 1.29 is 9.53 Å². The highest BCUT2D eigenvalue weighted by Gasteiger charge is 2.12. The molecule has 76 valence electrons. The Hall–Kier alpha value is -0.830. The predicted molar refractivity (Wildman–Crippen MR) is 60.0 cm³/mol. The molecule has 1 unspecified atom stereocenters. The van der Waals surface area contributed by atoms with Crippen LogP contribution in [0.25, 0.3) is 0 Å². The van der Waals surface area contributed by atoms with Crippen LogP contribution in [0.4, 0.5) is 0 Å². The minimum absolute atomic E-state index is 0.0960. The maximum absolute atomic E-state index is 11.1. The highest BCUT2D eigenvalue weighted by molar-refractivity contribution is 9.09. The van der Waals surface area contributed by atoms with Crippen LogP contribution in [0.3, 0.4) is 0 Å². The average Bonchev–Trinajstić information content (AvgIpc) is 2.17. The number of ketones is 1. The molecule has 14 heavy (non-hydrogen) atoms. The summed E-state index contributed by atoms with van der Waals surface area (Å²) in [4.78, 5) is 10.9. The van der Waals surface area contributed by atoms with E-state index in [-0.39, 0.29) is 10.6 Å². The fourth-order valence-electron chi connectivity index (χ4n) is 1.16.